The van der Waals surface area contributed by atoms with E-state index < -0.39 is 39.8 Å². The van der Waals surface area contributed by atoms with Gasteiger partial charge in [0.2, 0.25) is 10.0 Å². The van der Waals surface area contributed by atoms with E-state index >= 15 is 0 Å². The van der Waals surface area contributed by atoms with Crippen molar-refractivity contribution in [3.8, 4) is 17.0 Å². The number of hydrogen-bond donors (Lipinski definition) is 4. The number of halogens is 4. The number of ketones is 1. The summed E-state index contributed by atoms with van der Waals surface area (Å²) in [6, 6.07) is 9.35. The monoisotopic (exact) mass is 623 g/mol. The van der Waals surface area contributed by atoms with E-state index in [-0.39, 0.29) is 71.2 Å². The number of nitrogens with zero attached hydrogens (tertiary/aromatic N) is 3. The molecule has 2 heterocycles. The molecule has 43 heavy (non-hydrogen) atoms. The molecular weight excluding hydrogens is 594 g/mol. The van der Waals surface area contributed by atoms with Crippen LogP contribution in [0.3, 0.4) is 0 Å². The van der Waals surface area contributed by atoms with Crippen LogP contribution in [0, 0.1) is 5.82 Å². The predicted molar refractivity (Wildman–Crippen MR) is 153 cm³/mol. The van der Waals surface area contributed by atoms with Gasteiger partial charge in [0.25, 0.3) is 0 Å². The van der Waals surface area contributed by atoms with Crippen molar-refractivity contribution < 1.29 is 41.0 Å². The van der Waals surface area contributed by atoms with Gasteiger partial charge in [0.05, 0.1) is 34.5 Å². The summed E-state index contributed by atoms with van der Waals surface area (Å²) in [4.78, 5) is 17.1. The van der Waals surface area contributed by atoms with E-state index in [4.69, 9.17) is 5.11 Å². The van der Waals surface area contributed by atoms with Gasteiger partial charge < -0.3 is 15.5 Å². The summed E-state index contributed by atoms with van der Waals surface area (Å²) < 4.78 is 81.2. The SMILES string of the molecule is CCC(=O)c1n[nH]c2cc(-c3cc(F)c(O)cc3CC(F)(F)F)nc(NCc3ccccc3N(C)S(=O)(=O)CCCO)c12. The number of rotatable bonds is 12. The summed E-state index contributed by atoms with van der Waals surface area (Å²) in [6.07, 6.45) is -6.00. The molecule has 0 spiro atoms. The number of alkyl halides is 3. The van der Waals surface area contributed by atoms with Crippen molar-refractivity contribution in [3.63, 3.8) is 0 Å². The number of phenolic OH excluding ortho intramolecular Hbond substituents is 1. The molecule has 0 radical (unpaired) electrons. The Hall–Kier alpha value is -4.24. The van der Waals surface area contributed by atoms with Gasteiger partial charge in [0, 0.05) is 32.2 Å². The zero-order chi connectivity index (χ0) is 31.5. The van der Waals surface area contributed by atoms with Gasteiger partial charge in [-0.3, -0.25) is 14.2 Å². The third kappa shape index (κ3) is 7.05. The second kappa shape index (κ2) is 12.6. The quantitative estimate of drug-likeness (QED) is 0.128. The number of H-pyrrole nitrogens is 1. The van der Waals surface area contributed by atoms with Crippen molar-refractivity contribution in [2.75, 3.05) is 29.0 Å². The number of fused-ring (bicyclic) bond motifs is 1. The highest BCUT2D eigenvalue weighted by Crippen LogP contribution is 2.36. The van der Waals surface area contributed by atoms with Gasteiger partial charge >= 0.3 is 6.18 Å². The lowest BCUT2D eigenvalue weighted by Crippen LogP contribution is -2.30. The molecule has 0 aliphatic carbocycles. The minimum absolute atomic E-state index is 0.0310. The second-order valence-electron chi connectivity index (χ2n) is 9.72. The van der Waals surface area contributed by atoms with Crippen LogP contribution in [0.2, 0.25) is 0 Å². The number of aromatic hydroxyl groups is 1. The number of nitrogens with one attached hydrogen (secondary N) is 2. The minimum Gasteiger partial charge on any atom is -0.505 e. The van der Waals surface area contributed by atoms with E-state index in [1.807, 2.05) is 0 Å². The Bertz CT molecular complexity index is 1760. The van der Waals surface area contributed by atoms with Gasteiger partial charge in [-0.05, 0) is 41.8 Å². The molecule has 0 aliphatic heterocycles. The first-order valence-corrected chi connectivity index (χ1v) is 14.8. The van der Waals surface area contributed by atoms with Crippen molar-refractivity contribution >= 4 is 38.2 Å². The molecule has 0 saturated heterocycles. The number of Topliss-reactive ketones (excluding diaryl/α,β-unsaturated/α-hetero) is 1. The van der Waals surface area contributed by atoms with Crippen LogP contribution < -0.4 is 9.62 Å². The van der Waals surface area contributed by atoms with Gasteiger partial charge in [-0.15, -0.1) is 0 Å². The van der Waals surface area contributed by atoms with E-state index in [9.17, 15) is 35.9 Å². The number of carbonyl (C=O) groups excluding carboxylic acids is 1. The number of phenols is 1. The van der Waals surface area contributed by atoms with Crippen LogP contribution in [-0.4, -0.2) is 65.2 Å². The third-order valence-corrected chi connectivity index (χ3v) is 8.56. The summed E-state index contributed by atoms with van der Waals surface area (Å²) in [5.41, 5.74) is 0.336. The molecular formula is C28H29F4N5O5S. The topological polar surface area (TPSA) is 149 Å². The van der Waals surface area contributed by atoms with Gasteiger partial charge in [0.15, 0.2) is 17.3 Å². The van der Waals surface area contributed by atoms with E-state index in [0.717, 1.165) is 10.4 Å². The van der Waals surface area contributed by atoms with E-state index in [0.29, 0.717) is 17.3 Å². The number of aliphatic hydroxyl groups is 1. The summed E-state index contributed by atoms with van der Waals surface area (Å²) in [6.45, 7) is 1.29. The normalized spacial score (nSPS) is 12.1. The van der Waals surface area contributed by atoms with Crippen molar-refractivity contribution in [3.05, 3.63) is 65.1 Å². The zero-order valence-corrected chi connectivity index (χ0v) is 24.0. The maximum absolute atomic E-state index is 14.4. The van der Waals surface area contributed by atoms with Crippen LogP contribution in [-0.2, 0) is 23.0 Å². The van der Waals surface area contributed by atoms with Gasteiger partial charge in [-0.2, -0.15) is 18.3 Å². The lowest BCUT2D eigenvalue weighted by molar-refractivity contribution is -0.127. The van der Waals surface area contributed by atoms with Crippen LogP contribution in [0.5, 0.6) is 5.75 Å². The average Bonchev–Trinajstić information content (AvgIpc) is 3.39. The summed E-state index contributed by atoms with van der Waals surface area (Å²) in [7, 11) is -2.40. The van der Waals surface area contributed by atoms with E-state index in [1.165, 1.54) is 13.1 Å². The van der Waals surface area contributed by atoms with Crippen molar-refractivity contribution in [1.82, 2.24) is 15.2 Å². The molecule has 0 unspecified atom stereocenters. The number of carbonyl (C=O) groups is 1. The third-order valence-electron chi connectivity index (χ3n) is 6.72. The maximum atomic E-state index is 14.4. The van der Waals surface area contributed by atoms with Gasteiger partial charge in [-0.25, -0.2) is 17.8 Å². The fourth-order valence-corrected chi connectivity index (χ4v) is 5.81. The number of pyridine rings is 1. The zero-order valence-electron chi connectivity index (χ0n) is 23.2. The minimum atomic E-state index is -4.67. The Kier molecular flexibility index (Phi) is 9.25. The molecule has 10 nitrogen and oxygen atoms in total. The average molecular weight is 624 g/mol. The van der Waals surface area contributed by atoms with Crippen LogP contribution in [0.1, 0.15) is 41.4 Å². The molecule has 0 atom stereocenters. The molecule has 0 aliphatic rings. The van der Waals surface area contributed by atoms with Crippen LogP contribution in [0.25, 0.3) is 22.2 Å². The number of aromatic amines is 1. The standard InChI is InChI=1S/C28H29F4N5O5S/c1-3-23(39)26-25-21(35-36-26)13-20(18-12-19(29)24(40)11-17(18)14-28(30,31)32)34-27(25)33-15-16-7-4-5-8-22(16)37(2)43(41,42)10-6-9-38/h4-5,7-8,11-13,38,40H,3,6,9-10,14-15H2,1-2H3,(H,33,34)(H,35,36). The Morgan fingerprint density at radius 3 is 2.53 bits per heavy atom. The molecule has 0 fully saturated rings. The number of anilines is 2. The summed E-state index contributed by atoms with van der Waals surface area (Å²) in [5.74, 6) is -2.69. The molecule has 4 N–H and O–H groups in total. The molecule has 15 heteroatoms. The number of aliphatic hydroxyl groups excluding tert-OH is 1. The number of hydrogen-bond acceptors (Lipinski definition) is 8. The van der Waals surface area contributed by atoms with Crippen LogP contribution >= 0.6 is 0 Å². The second-order valence-corrected chi connectivity index (χ2v) is 11.8. The molecule has 0 amide bonds. The fourth-order valence-electron chi connectivity index (χ4n) is 4.57. The lowest BCUT2D eigenvalue weighted by Gasteiger charge is -2.22. The number of para-hydroxylation sites is 1. The molecule has 230 valence electrons. The Morgan fingerprint density at radius 1 is 1.14 bits per heavy atom. The highest BCUT2D eigenvalue weighted by molar-refractivity contribution is 7.92. The van der Waals surface area contributed by atoms with Gasteiger partial charge in [-0.1, -0.05) is 25.1 Å². The molecule has 4 rings (SSSR count). The first-order chi connectivity index (χ1) is 20.3. The van der Waals surface area contributed by atoms with Crippen LogP contribution in [0.4, 0.5) is 29.1 Å². The van der Waals surface area contributed by atoms with E-state index in [2.05, 4.69) is 20.5 Å². The molecule has 4 aromatic rings. The smallest absolute Gasteiger partial charge is 0.393 e. The molecule has 2 aromatic heterocycles. The molecule has 2 aromatic carbocycles. The molecule has 0 bridgehead atoms. The van der Waals surface area contributed by atoms with Crippen molar-refractivity contribution in [2.45, 2.75) is 38.9 Å². The lowest BCUT2D eigenvalue weighted by atomic mass is 9.99. The van der Waals surface area contributed by atoms with E-state index in [1.54, 1.807) is 31.2 Å². The Balaban J connectivity index is 1.83. The first-order valence-electron chi connectivity index (χ1n) is 13.2. The number of sulfonamides is 1. The molecule has 0 saturated carbocycles. The predicted octanol–water partition coefficient (Wildman–Crippen LogP) is 4.93. The summed E-state index contributed by atoms with van der Waals surface area (Å²) in [5, 5.41) is 28.9. The fraction of sp³-hybridized carbons (Fsp3) is 0.321. The van der Waals surface area contributed by atoms with Crippen molar-refractivity contribution in [1.29, 1.82) is 0 Å². The number of aromatic nitrogens is 3. The highest BCUT2D eigenvalue weighted by atomic mass is 32.2. The Labute approximate surface area is 244 Å². The number of benzene rings is 2. The largest absolute Gasteiger partial charge is 0.505 e. The Morgan fingerprint density at radius 2 is 1.86 bits per heavy atom. The maximum Gasteiger partial charge on any atom is 0.393 e. The first kappa shape index (κ1) is 31.7. The van der Waals surface area contributed by atoms with Gasteiger partial charge in [0.1, 0.15) is 11.5 Å². The summed E-state index contributed by atoms with van der Waals surface area (Å²) >= 11 is 0. The highest BCUT2D eigenvalue weighted by Gasteiger charge is 2.31. The van der Waals surface area contributed by atoms with Crippen molar-refractivity contribution in [2.24, 2.45) is 0 Å². The van der Waals surface area contributed by atoms with Crippen LogP contribution in [0.15, 0.2) is 42.5 Å².